The zero-order chi connectivity index (χ0) is 16.7. The van der Waals surface area contributed by atoms with E-state index < -0.39 is 0 Å². The van der Waals surface area contributed by atoms with Crippen molar-refractivity contribution in [2.24, 2.45) is 4.99 Å². The van der Waals surface area contributed by atoms with Gasteiger partial charge in [-0.3, -0.25) is 4.99 Å². The summed E-state index contributed by atoms with van der Waals surface area (Å²) in [5, 5.41) is 10.2. The Hall–Kier alpha value is -2.29. The van der Waals surface area contributed by atoms with Crippen molar-refractivity contribution in [2.75, 3.05) is 18.0 Å². The Kier molecular flexibility index (Phi) is 6.21. The van der Waals surface area contributed by atoms with Gasteiger partial charge in [0, 0.05) is 36.6 Å². The molecule has 0 amide bonds. The molecule has 2 aromatic rings. The number of anilines is 1. The van der Waals surface area contributed by atoms with Crippen LogP contribution in [0.5, 0.6) is 5.75 Å². The standard InChI is InChI=1S/C20H26N2O/c1-4-7-16-8-11-18(12-9-16)21-15-17-10-13-19(14-20(17)23)22(5-2)6-3/h8-15,23H,4-7H2,1-3H3. The van der Waals surface area contributed by atoms with Gasteiger partial charge in [0.2, 0.25) is 0 Å². The van der Waals surface area contributed by atoms with E-state index in [1.165, 1.54) is 5.56 Å². The molecule has 0 spiro atoms. The summed E-state index contributed by atoms with van der Waals surface area (Å²) in [6.07, 6.45) is 3.96. The molecule has 2 rings (SSSR count). The molecule has 0 aliphatic rings. The first-order valence-corrected chi connectivity index (χ1v) is 8.38. The Bertz CT molecular complexity index is 643. The largest absolute Gasteiger partial charge is 0.507 e. The average Bonchev–Trinajstić information content (AvgIpc) is 2.57. The molecule has 3 nitrogen and oxygen atoms in total. The van der Waals surface area contributed by atoms with Crippen LogP contribution in [0.3, 0.4) is 0 Å². The Morgan fingerprint density at radius 1 is 1.00 bits per heavy atom. The molecule has 1 N–H and O–H groups in total. The first kappa shape index (κ1) is 17.1. The van der Waals surface area contributed by atoms with Gasteiger partial charge in [0.05, 0.1) is 5.69 Å². The van der Waals surface area contributed by atoms with Crippen molar-refractivity contribution in [1.82, 2.24) is 0 Å². The second kappa shape index (κ2) is 8.37. The molecule has 0 aromatic heterocycles. The molecule has 0 aliphatic heterocycles. The zero-order valence-corrected chi connectivity index (χ0v) is 14.3. The number of aliphatic imine (C=N–C) groups is 1. The Labute approximate surface area is 139 Å². The van der Waals surface area contributed by atoms with Crippen LogP contribution >= 0.6 is 0 Å². The molecule has 3 heteroatoms. The predicted molar refractivity (Wildman–Crippen MR) is 99.4 cm³/mol. The number of hydrogen-bond acceptors (Lipinski definition) is 3. The van der Waals surface area contributed by atoms with Crippen LogP contribution in [-0.4, -0.2) is 24.4 Å². The number of aromatic hydroxyl groups is 1. The second-order valence-electron chi connectivity index (χ2n) is 5.59. The lowest BCUT2D eigenvalue weighted by molar-refractivity contribution is 0.474. The van der Waals surface area contributed by atoms with E-state index in [0.29, 0.717) is 0 Å². The third-order valence-electron chi connectivity index (χ3n) is 3.97. The molecular weight excluding hydrogens is 284 g/mol. The summed E-state index contributed by atoms with van der Waals surface area (Å²) in [7, 11) is 0. The summed E-state index contributed by atoms with van der Waals surface area (Å²) in [5.74, 6) is 0.265. The Balaban J connectivity index is 2.13. The van der Waals surface area contributed by atoms with Crippen LogP contribution in [-0.2, 0) is 6.42 Å². The van der Waals surface area contributed by atoms with Crippen LogP contribution in [0.2, 0.25) is 0 Å². The van der Waals surface area contributed by atoms with Crippen molar-refractivity contribution < 1.29 is 5.11 Å². The predicted octanol–water partition coefficient (Wildman–Crippen LogP) is 4.94. The fraction of sp³-hybridized carbons (Fsp3) is 0.350. The van der Waals surface area contributed by atoms with Gasteiger partial charge in [-0.15, -0.1) is 0 Å². The number of nitrogens with zero attached hydrogens (tertiary/aromatic N) is 2. The van der Waals surface area contributed by atoms with Crippen molar-refractivity contribution in [3.63, 3.8) is 0 Å². The molecule has 0 radical (unpaired) electrons. The highest BCUT2D eigenvalue weighted by Crippen LogP contribution is 2.24. The summed E-state index contributed by atoms with van der Waals surface area (Å²) in [6, 6.07) is 14.0. The molecule has 0 aliphatic carbocycles. The van der Waals surface area contributed by atoms with E-state index in [4.69, 9.17) is 0 Å². The second-order valence-corrected chi connectivity index (χ2v) is 5.59. The van der Waals surface area contributed by atoms with E-state index in [2.05, 4.69) is 42.8 Å². The Morgan fingerprint density at radius 2 is 1.70 bits per heavy atom. The SMILES string of the molecule is CCCc1ccc(N=Cc2ccc(N(CC)CC)cc2O)cc1. The molecule has 0 fully saturated rings. The van der Waals surface area contributed by atoms with Gasteiger partial charge in [-0.25, -0.2) is 0 Å². The fourth-order valence-corrected chi connectivity index (χ4v) is 2.61. The topological polar surface area (TPSA) is 35.8 Å². The number of phenolic OH excluding ortho intramolecular Hbond substituents is 1. The van der Waals surface area contributed by atoms with Crippen molar-refractivity contribution in [2.45, 2.75) is 33.6 Å². The normalized spacial score (nSPS) is 11.1. The third kappa shape index (κ3) is 4.59. The van der Waals surface area contributed by atoms with Crippen LogP contribution in [0.4, 0.5) is 11.4 Å². The van der Waals surface area contributed by atoms with Gasteiger partial charge in [-0.1, -0.05) is 25.5 Å². The number of rotatable bonds is 7. The number of hydrogen-bond donors (Lipinski definition) is 1. The van der Waals surface area contributed by atoms with Crippen LogP contribution < -0.4 is 4.90 Å². The van der Waals surface area contributed by atoms with Gasteiger partial charge >= 0.3 is 0 Å². The minimum atomic E-state index is 0.265. The van der Waals surface area contributed by atoms with Crippen molar-refractivity contribution in [3.05, 3.63) is 53.6 Å². The van der Waals surface area contributed by atoms with Crippen LogP contribution in [0.25, 0.3) is 0 Å². The summed E-state index contributed by atoms with van der Waals surface area (Å²) in [5.41, 5.74) is 4.00. The molecule has 0 saturated carbocycles. The maximum atomic E-state index is 10.2. The highest BCUT2D eigenvalue weighted by Gasteiger charge is 2.05. The van der Waals surface area contributed by atoms with Gasteiger partial charge in [0.25, 0.3) is 0 Å². The number of phenols is 1. The van der Waals surface area contributed by atoms with Gasteiger partial charge in [-0.2, -0.15) is 0 Å². The van der Waals surface area contributed by atoms with Gasteiger partial charge in [0.1, 0.15) is 5.75 Å². The molecule has 0 unspecified atom stereocenters. The number of aryl methyl sites for hydroxylation is 1. The van der Waals surface area contributed by atoms with Crippen molar-refractivity contribution in [3.8, 4) is 5.75 Å². The third-order valence-corrected chi connectivity index (χ3v) is 3.97. The fourth-order valence-electron chi connectivity index (χ4n) is 2.61. The minimum Gasteiger partial charge on any atom is -0.507 e. The lowest BCUT2D eigenvalue weighted by Gasteiger charge is -2.21. The first-order valence-electron chi connectivity index (χ1n) is 8.38. The van der Waals surface area contributed by atoms with E-state index in [1.807, 2.05) is 24.3 Å². The van der Waals surface area contributed by atoms with Crippen LogP contribution in [0.1, 0.15) is 38.3 Å². The molecule has 0 bridgehead atoms. The summed E-state index contributed by atoms with van der Waals surface area (Å²) in [4.78, 5) is 6.66. The smallest absolute Gasteiger partial charge is 0.126 e. The highest BCUT2D eigenvalue weighted by atomic mass is 16.3. The molecule has 0 saturated heterocycles. The van der Waals surface area contributed by atoms with E-state index in [1.54, 1.807) is 12.3 Å². The quantitative estimate of drug-likeness (QED) is 0.735. The van der Waals surface area contributed by atoms with Crippen LogP contribution in [0.15, 0.2) is 47.5 Å². The molecular formula is C20H26N2O. The summed E-state index contributed by atoms with van der Waals surface area (Å²) >= 11 is 0. The molecule has 122 valence electrons. The summed E-state index contributed by atoms with van der Waals surface area (Å²) in [6.45, 7) is 8.24. The monoisotopic (exact) mass is 310 g/mol. The van der Waals surface area contributed by atoms with Gasteiger partial charge in [0.15, 0.2) is 0 Å². The van der Waals surface area contributed by atoms with E-state index in [-0.39, 0.29) is 5.75 Å². The molecule has 0 atom stereocenters. The van der Waals surface area contributed by atoms with E-state index in [0.717, 1.165) is 42.9 Å². The maximum Gasteiger partial charge on any atom is 0.126 e. The van der Waals surface area contributed by atoms with Crippen molar-refractivity contribution in [1.29, 1.82) is 0 Å². The molecule has 2 aromatic carbocycles. The first-order chi connectivity index (χ1) is 11.2. The molecule has 23 heavy (non-hydrogen) atoms. The maximum absolute atomic E-state index is 10.2. The number of benzene rings is 2. The Morgan fingerprint density at radius 3 is 2.26 bits per heavy atom. The van der Waals surface area contributed by atoms with Crippen LogP contribution in [0, 0.1) is 0 Å². The lowest BCUT2D eigenvalue weighted by Crippen LogP contribution is -2.21. The highest BCUT2D eigenvalue weighted by molar-refractivity contribution is 5.86. The average molecular weight is 310 g/mol. The lowest BCUT2D eigenvalue weighted by atomic mass is 10.1. The minimum absolute atomic E-state index is 0.265. The van der Waals surface area contributed by atoms with E-state index in [9.17, 15) is 5.11 Å². The van der Waals surface area contributed by atoms with Gasteiger partial charge < -0.3 is 10.0 Å². The molecule has 0 heterocycles. The van der Waals surface area contributed by atoms with Gasteiger partial charge in [-0.05, 0) is 50.1 Å². The van der Waals surface area contributed by atoms with Crippen molar-refractivity contribution >= 4 is 17.6 Å². The summed E-state index contributed by atoms with van der Waals surface area (Å²) < 4.78 is 0. The zero-order valence-electron chi connectivity index (χ0n) is 14.3. The van der Waals surface area contributed by atoms with E-state index >= 15 is 0 Å².